The van der Waals surface area contributed by atoms with Gasteiger partial charge in [-0.05, 0) is 43.7 Å². The third-order valence-electron chi connectivity index (χ3n) is 4.33. The number of nitrogens with zero attached hydrogens (tertiary/aromatic N) is 3. The SMILES string of the molecule is CCOC(=O)c1csc(N/N=C/c2ccc3c(c2)Sc2ccccc2N3CC)n1. The number of rotatable bonds is 6. The molecule has 0 fully saturated rings. The first-order valence-corrected chi connectivity index (χ1v) is 11.0. The Morgan fingerprint density at radius 3 is 2.86 bits per heavy atom. The molecular formula is C21H20N4O2S2. The highest BCUT2D eigenvalue weighted by Gasteiger charge is 2.21. The number of benzene rings is 2. The van der Waals surface area contributed by atoms with Gasteiger partial charge in [0.05, 0.1) is 24.2 Å². The summed E-state index contributed by atoms with van der Waals surface area (Å²) < 4.78 is 4.94. The number of hydrogen-bond donors (Lipinski definition) is 1. The van der Waals surface area contributed by atoms with Crippen LogP contribution in [-0.2, 0) is 4.74 Å². The molecule has 0 bridgehead atoms. The molecule has 0 atom stereocenters. The molecule has 3 aromatic rings. The summed E-state index contributed by atoms with van der Waals surface area (Å²) in [6.07, 6.45) is 1.75. The fourth-order valence-electron chi connectivity index (χ4n) is 3.06. The number of thiazole rings is 1. The van der Waals surface area contributed by atoms with Crippen LogP contribution >= 0.6 is 23.1 Å². The van der Waals surface area contributed by atoms with E-state index in [0.29, 0.717) is 11.7 Å². The Morgan fingerprint density at radius 1 is 1.21 bits per heavy atom. The largest absolute Gasteiger partial charge is 0.461 e. The normalized spacial score (nSPS) is 12.6. The molecule has 1 aromatic heterocycles. The van der Waals surface area contributed by atoms with E-state index in [1.807, 2.05) is 6.07 Å². The van der Waals surface area contributed by atoms with Gasteiger partial charge in [-0.25, -0.2) is 9.78 Å². The van der Waals surface area contributed by atoms with Crippen molar-refractivity contribution in [3.05, 3.63) is 59.1 Å². The summed E-state index contributed by atoms with van der Waals surface area (Å²) in [6, 6.07) is 14.8. The molecule has 2 heterocycles. The second kappa shape index (κ2) is 8.67. The number of esters is 1. The van der Waals surface area contributed by atoms with E-state index in [9.17, 15) is 4.79 Å². The van der Waals surface area contributed by atoms with Crippen molar-refractivity contribution in [3.63, 3.8) is 0 Å². The van der Waals surface area contributed by atoms with Gasteiger partial charge in [-0.2, -0.15) is 5.10 Å². The van der Waals surface area contributed by atoms with Crippen LogP contribution in [0, 0.1) is 0 Å². The van der Waals surface area contributed by atoms with E-state index in [4.69, 9.17) is 4.74 Å². The van der Waals surface area contributed by atoms with Gasteiger partial charge >= 0.3 is 5.97 Å². The minimum atomic E-state index is -0.423. The molecule has 0 aliphatic carbocycles. The minimum Gasteiger partial charge on any atom is -0.461 e. The molecule has 4 rings (SSSR count). The highest BCUT2D eigenvalue weighted by atomic mass is 32.2. The standard InChI is InChI=1S/C21H20N4O2S2/c1-3-25-16-7-5-6-8-18(16)29-19-11-14(9-10-17(19)25)12-22-24-21-23-15(13-28-21)20(26)27-4-2/h5-13H,3-4H2,1-2H3,(H,23,24)/b22-12+. The Bertz CT molecular complexity index is 1060. The van der Waals surface area contributed by atoms with E-state index in [1.165, 1.54) is 32.5 Å². The van der Waals surface area contributed by atoms with Crippen LogP contribution in [0.5, 0.6) is 0 Å². The zero-order valence-corrected chi connectivity index (χ0v) is 17.7. The number of carbonyl (C=O) groups excluding carboxylic acids is 1. The molecule has 29 heavy (non-hydrogen) atoms. The summed E-state index contributed by atoms with van der Waals surface area (Å²) in [5.74, 6) is -0.423. The quantitative estimate of drug-likeness (QED) is 0.325. The van der Waals surface area contributed by atoms with Crippen molar-refractivity contribution in [3.8, 4) is 0 Å². The molecule has 0 spiro atoms. The van der Waals surface area contributed by atoms with Crippen LogP contribution in [-0.4, -0.2) is 30.3 Å². The van der Waals surface area contributed by atoms with Crippen molar-refractivity contribution in [2.75, 3.05) is 23.5 Å². The maximum absolute atomic E-state index is 11.7. The first kappa shape index (κ1) is 19.5. The van der Waals surface area contributed by atoms with Crippen molar-refractivity contribution in [1.29, 1.82) is 0 Å². The Morgan fingerprint density at radius 2 is 2.03 bits per heavy atom. The van der Waals surface area contributed by atoms with Crippen molar-refractivity contribution >= 4 is 51.8 Å². The zero-order valence-electron chi connectivity index (χ0n) is 16.1. The lowest BCUT2D eigenvalue weighted by Crippen LogP contribution is -2.19. The van der Waals surface area contributed by atoms with Gasteiger partial charge < -0.3 is 9.64 Å². The Hall–Kier alpha value is -2.84. The van der Waals surface area contributed by atoms with Gasteiger partial charge in [0.1, 0.15) is 0 Å². The topological polar surface area (TPSA) is 66.8 Å². The molecule has 0 saturated carbocycles. The zero-order chi connectivity index (χ0) is 20.2. The van der Waals surface area contributed by atoms with Gasteiger partial charge in [0.15, 0.2) is 5.69 Å². The molecule has 148 valence electrons. The lowest BCUT2D eigenvalue weighted by molar-refractivity contribution is 0.0520. The van der Waals surface area contributed by atoms with Gasteiger partial charge in [0, 0.05) is 21.7 Å². The number of anilines is 3. The van der Waals surface area contributed by atoms with Crippen LogP contribution in [0.15, 0.2) is 62.7 Å². The third kappa shape index (κ3) is 4.13. The molecule has 0 unspecified atom stereocenters. The number of fused-ring (bicyclic) bond motifs is 2. The van der Waals surface area contributed by atoms with Crippen LogP contribution < -0.4 is 10.3 Å². The molecule has 1 aliphatic heterocycles. The lowest BCUT2D eigenvalue weighted by Gasteiger charge is -2.31. The summed E-state index contributed by atoms with van der Waals surface area (Å²) in [4.78, 5) is 20.6. The number of hydrogen-bond acceptors (Lipinski definition) is 8. The number of hydrazone groups is 1. The second-order valence-corrected chi connectivity index (χ2v) is 8.11. The number of carbonyl (C=O) groups is 1. The van der Waals surface area contributed by atoms with E-state index in [0.717, 1.165) is 12.1 Å². The van der Waals surface area contributed by atoms with Gasteiger partial charge in [0.25, 0.3) is 0 Å². The monoisotopic (exact) mass is 424 g/mol. The maximum atomic E-state index is 11.7. The van der Waals surface area contributed by atoms with Crippen molar-refractivity contribution in [2.45, 2.75) is 23.6 Å². The lowest BCUT2D eigenvalue weighted by atomic mass is 10.1. The average molecular weight is 425 g/mol. The average Bonchev–Trinajstić information content (AvgIpc) is 3.21. The molecule has 0 amide bonds. The molecule has 2 aromatic carbocycles. The van der Waals surface area contributed by atoms with Crippen LogP contribution in [0.25, 0.3) is 0 Å². The smallest absolute Gasteiger partial charge is 0.357 e. The van der Waals surface area contributed by atoms with Crippen LogP contribution in [0.2, 0.25) is 0 Å². The van der Waals surface area contributed by atoms with Crippen molar-refractivity contribution in [2.24, 2.45) is 5.10 Å². The van der Waals surface area contributed by atoms with Crippen LogP contribution in [0.1, 0.15) is 29.9 Å². The van der Waals surface area contributed by atoms with Crippen molar-refractivity contribution < 1.29 is 9.53 Å². The number of aromatic nitrogens is 1. The second-order valence-electron chi connectivity index (χ2n) is 6.17. The highest BCUT2D eigenvalue weighted by Crippen LogP contribution is 2.47. The summed E-state index contributed by atoms with van der Waals surface area (Å²) in [5, 5.41) is 6.46. The predicted octanol–water partition coefficient (Wildman–Crippen LogP) is 5.39. The van der Waals surface area contributed by atoms with Gasteiger partial charge in [-0.15, -0.1) is 11.3 Å². The molecule has 0 radical (unpaired) electrons. The van der Waals surface area contributed by atoms with Gasteiger partial charge in [-0.1, -0.05) is 30.0 Å². The molecule has 1 N–H and O–H groups in total. The van der Waals surface area contributed by atoms with Crippen LogP contribution in [0.4, 0.5) is 16.5 Å². The molecule has 8 heteroatoms. The van der Waals surface area contributed by atoms with E-state index < -0.39 is 5.97 Å². The molecule has 1 aliphatic rings. The third-order valence-corrected chi connectivity index (χ3v) is 6.19. The summed E-state index contributed by atoms with van der Waals surface area (Å²) in [6.45, 7) is 5.16. The maximum Gasteiger partial charge on any atom is 0.357 e. The highest BCUT2D eigenvalue weighted by molar-refractivity contribution is 7.99. The Kier molecular flexibility index (Phi) is 5.82. The summed E-state index contributed by atoms with van der Waals surface area (Å²) >= 11 is 3.08. The number of nitrogens with one attached hydrogen (secondary N) is 1. The number of ether oxygens (including phenoxy) is 1. The summed E-state index contributed by atoms with van der Waals surface area (Å²) in [7, 11) is 0. The fourth-order valence-corrected chi connectivity index (χ4v) is 4.83. The van der Waals surface area contributed by atoms with E-state index >= 15 is 0 Å². The predicted molar refractivity (Wildman–Crippen MR) is 119 cm³/mol. The molecular weight excluding hydrogens is 404 g/mol. The summed E-state index contributed by atoms with van der Waals surface area (Å²) in [5.41, 5.74) is 6.61. The number of para-hydroxylation sites is 1. The molecule has 6 nitrogen and oxygen atoms in total. The van der Waals surface area contributed by atoms with E-state index in [-0.39, 0.29) is 5.69 Å². The fraction of sp³-hybridized carbons (Fsp3) is 0.190. The van der Waals surface area contributed by atoms with Crippen molar-refractivity contribution in [1.82, 2.24) is 4.98 Å². The first-order valence-electron chi connectivity index (χ1n) is 9.29. The minimum absolute atomic E-state index is 0.290. The van der Waals surface area contributed by atoms with Gasteiger partial charge in [0.2, 0.25) is 5.13 Å². The van der Waals surface area contributed by atoms with Crippen LogP contribution in [0.3, 0.4) is 0 Å². The Balaban J connectivity index is 1.48. The Labute approximate surface area is 177 Å². The van der Waals surface area contributed by atoms with E-state index in [2.05, 4.69) is 63.7 Å². The van der Waals surface area contributed by atoms with Gasteiger partial charge in [-0.3, -0.25) is 5.43 Å². The van der Waals surface area contributed by atoms with E-state index in [1.54, 1.807) is 30.3 Å². The molecule has 0 saturated heterocycles. The first-order chi connectivity index (χ1) is 14.2.